The number of hydrogen-bond acceptors (Lipinski definition) is 4. The molecule has 2 aromatic rings. The molecule has 0 spiro atoms. The van der Waals surface area contributed by atoms with Crippen molar-refractivity contribution in [2.24, 2.45) is 0 Å². The Hall–Kier alpha value is -2.59. The Morgan fingerprint density at radius 2 is 1.72 bits per heavy atom. The summed E-state index contributed by atoms with van der Waals surface area (Å²) < 4.78 is 74.4. The van der Waals surface area contributed by atoms with Gasteiger partial charge in [-0.15, -0.1) is 0 Å². The standard InChI is InChI=1S/C22H25F3N2O4S/c1-14-7-9-15(10-8-14)20(22(23,24)25)26-21(28)16-11-12-18(31-2)19(13-16)32(29,30)27-17-5-3-4-6-17/h7-13,17,20,27H,3-6H2,1-2H3,(H,26,28)/t20-/m1/s1. The quantitative estimate of drug-likeness (QED) is 0.634. The van der Waals surface area contributed by atoms with E-state index in [2.05, 4.69) is 4.72 Å². The average molecular weight is 471 g/mol. The van der Waals surface area contributed by atoms with Crippen LogP contribution in [0.3, 0.4) is 0 Å². The van der Waals surface area contributed by atoms with Gasteiger partial charge in [-0.3, -0.25) is 4.79 Å². The van der Waals surface area contributed by atoms with Gasteiger partial charge in [0, 0.05) is 11.6 Å². The highest BCUT2D eigenvalue weighted by Crippen LogP contribution is 2.33. The van der Waals surface area contributed by atoms with E-state index < -0.39 is 28.1 Å². The van der Waals surface area contributed by atoms with E-state index in [0.717, 1.165) is 24.5 Å². The van der Waals surface area contributed by atoms with Gasteiger partial charge < -0.3 is 10.1 Å². The normalized spacial score (nSPS) is 16.0. The van der Waals surface area contributed by atoms with Crippen LogP contribution in [0.4, 0.5) is 13.2 Å². The number of rotatable bonds is 7. The van der Waals surface area contributed by atoms with Crippen LogP contribution in [-0.4, -0.2) is 33.7 Å². The predicted octanol–water partition coefficient (Wildman–Crippen LogP) is 4.26. The number of carbonyl (C=O) groups is 1. The number of ether oxygens (including phenoxy) is 1. The Balaban J connectivity index is 1.90. The van der Waals surface area contributed by atoms with Crippen molar-refractivity contribution in [3.05, 3.63) is 59.2 Å². The summed E-state index contributed by atoms with van der Waals surface area (Å²) in [6.45, 7) is 1.74. The van der Waals surface area contributed by atoms with Crippen LogP contribution >= 0.6 is 0 Å². The maximum Gasteiger partial charge on any atom is 0.412 e. The van der Waals surface area contributed by atoms with E-state index in [1.54, 1.807) is 6.92 Å². The minimum absolute atomic E-state index is 0.00190. The third kappa shape index (κ3) is 5.60. The molecule has 1 fully saturated rings. The number of sulfonamides is 1. The fourth-order valence-electron chi connectivity index (χ4n) is 3.68. The van der Waals surface area contributed by atoms with E-state index in [4.69, 9.17) is 4.74 Å². The van der Waals surface area contributed by atoms with Gasteiger partial charge in [-0.1, -0.05) is 42.7 Å². The zero-order valence-corrected chi connectivity index (χ0v) is 18.5. The third-order valence-electron chi connectivity index (χ3n) is 5.41. The molecule has 6 nitrogen and oxygen atoms in total. The van der Waals surface area contributed by atoms with E-state index in [1.165, 1.54) is 43.5 Å². The highest BCUT2D eigenvalue weighted by molar-refractivity contribution is 7.89. The maximum atomic E-state index is 13.7. The van der Waals surface area contributed by atoms with Gasteiger partial charge in [0.25, 0.3) is 5.91 Å². The second kappa shape index (κ2) is 9.50. The molecule has 0 unspecified atom stereocenters. The fraction of sp³-hybridized carbons (Fsp3) is 0.409. The molecule has 0 heterocycles. The van der Waals surface area contributed by atoms with Crippen LogP contribution in [0.5, 0.6) is 5.75 Å². The molecular formula is C22H25F3N2O4S. The molecule has 0 bridgehead atoms. The molecule has 0 aliphatic heterocycles. The molecular weight excluding hydrogens is 445 g/mol. The number of methoxy groups -OCH3 is 1. The van der Waals surface area contributed by atoms with E-state index in [9.17, 15) is 26.4 Å². The van der Waals surface area contributed by atoms with Crippen LogP contribution in [0.1, 0.15) is 53.2 Å². The first-order valence-corrected chi connectivity index (χ1v) is 11.6. The number of benzene rings is 2. The molecule has 1 atom stereocenters. The Bertz CT molecular complexity index is 1060. The Kier molecular flexibility index (Phi) is 7.14. The molecule has 1 aliphatic rings. The molecule has 0 radical (unpaired) electrons. The van der Waals surface area contributed by atoms with Crippen molar-refractivity contribution in [3.63, 3.8) is 0 Å². The SMILES string of the molecule is COc1ccc(C(=O)N[C@H](c2ccc(C)cc2)C(F)(F)F)cc1S(=O)(=O)NC1CCCC1. The lowest BCUT2D eigenvalue weighted by molar-refractivity contribution is -0.155. The van der Waals surface area contributed by atoms with Crippen molar-refractivity contribution in [1.82, 2.24) is 10.0 Å². The maximum absolute atomic E-state index is 13.7. The number of nitrogens with one attached hydrogen (secondary N) is 2. The molecule has 0 saturated heterocycles. The average Bonchev–Trinajstić information content (AvgIpc) is 3.23. The first kappa shape index (κ1) is 24.1. The van der Waals surface area contributed by atoms with Gasteiger partial charge in [0.05, 0.1) is 7.11 Å². The molecule has 10 heteroatoms. The molecule has 0 aromatic heterocycles. The molecule has 1 aliphatic carbocycles. The van der Waals surface area contributed by atoms with Crippen LogP contribution in [0.25, 0.3) is 0 Å². The molecule has 1 saturated carbocycles. The number of amides is 1. The summed E-state index contributed by atoms with van der Waals surface area (Å²) >= 11 is 0. The monoisotopic (exact) mass is 470 g/mol. The third-order valence-corrected chi connectivity index (χ3v) is 6.95. The van der Waals surface area contributed by atoms with Crippen molar-refractivity contribution in [2.75, 3.05) is 7.11 Å². The van der Waals surface area contributed by atoms with Crippen LogP contribution in [0.15, 0.2) is 47.4 Å². The van der Waals surface area contributed by atoms with Crippen LogP contribution in [0, 0.1) is 6.92 Å². The fourth-order valence-corrected chi connectivity index (χ4v) is 5.18. The van der Waals surface area contributed by atoms with Crippen LogP contribution in [0.2, 0.25) is 0 Å². The molecule has 1 amide bonds. The highest BCUT2D eigenvalue weighted by atomic mass is 32.2. The van der Waals surface area contributed by atoms with Gasteiger partial charge in [0.1, 0.15) is 10.6 Å². The van der Waals surface area contributed by atoms with Crippen molar-refractivity contribution in [3.8, 4) is 5.75 Å². The number of halogens is 3. The molecule has 2 aromatic carbocycles. The van der Waals surface area contributed by atoms with E-state index >= 15 is 0 Å². The van der Waals surface area contributed by atoms with E-state index in [-0.39, 0.29) is 27.8 Å². The van der Waals surface area contributed by atoms with Crippen molar-refractivity contribution in [2.45, 2.75) is 55.8 Å². The predicted molar refractivity (Wildman–Crippen MR) is 113 cm³/mol. The van der Waals surface area contributed by atoms with Gasteiger partial charge in [0.15, 0.2) is 6.04 Å². The number of alkyl halides is 3. The van der Waals surface area contributed by atoms with Gasteiger partial charge in [0.2, 0.25) is 10.0 Å². The van der Waals surface area contributed by atoms with Crippen LogP contribution in [-0.2, 0) is 10.0 Å². The lowest BCUT2D eigenvalue weighted by Crippen LogP contribution is -2.38. The highest BCUT2D eigenvalue weighted by Gasteiger charge is 2.42. The second-order valence-corrected chi connectivity index (χ2v) is 9.51. The van der Waals surface area contributed by atoms with Gasteiger partial charge in [-0.25, -0.2) is 13.1 Å². The van der Waals surface area contributed by atoms with Crippen molar-refractivity contribution in [1.29, 1.82) is 0 Å². The van der Waals surface area contributed by atoms with Crippen molar-refractivity contribution < 1.29 is 31.1 Å². The van der Waals surface area contributed by atoms with Crippen LogP contribution < -0.4 is 14.8 Å². The summed E-state index contributed by atoms with van der Waals surface area (Å²) in [5.74, 6) is -1.05. The number of carbonyl (C=O) groups excluding carboxylic acids is 1. The largest absolute Gasteiger partial charge is 0.495 e. The minimum atomic E-state index is -4.74. The lowest BCUT2D eigenvalue weighted by atomic mass is 10.0. The summed E-state index contributed by atoms with van der Waals surface area (Å²) in [7, 11) is -2.75. The van der Waals surface area contributed by atoms with Gasteiger partial charge >= 0.3 is 6.18 Å². The molecule has 32 heavy (non-hydrogen) atoms. The number of hydrogen-bond donors (Lipinski definition) is 2. The topological polar surface area (TPSA) is 84.5 Å². The minimum Gasteiger partial charge on any atom is -0.495 e. The van der Waals surface area contributed by atoms with E-state index in [1.807, 2.05) is 5.32 Å². The summed E-state index contributed by atoms with van der Waals surface area (Å²) in [6.07, 6.45) is -1.53. The zero-order valence-electron chi connectivity index (χ0n) is 17.7. The van der Waals surface area contributed by atoms with Gasteiger partial charge in [-0.2, -0.15) is 13.2 Å². The zero-order chi connectivity index (χ0) is 23.5. The summed E-state index contributed by atoms with van der Waals surface area (Å²) in [6, 6.07) is 6.69. The molecule has 2 N–H and O–H groups in total. The summed E-state index contributed by atoms with van der Waals surface area (Å²) in [5, 5.41) is 1.98. The first-order valence-electron chi connectivity index (χ1n) is 10.2. The first-order chi connectivity index (χ1) is 15.0. The lowest BCUT2D eigenvalue weighted by Gasteiger charge is -2.22. The molecule has 174 valence electrons. The summed E-state index contributed by atoms with van der Waals surface area (Å²) in [5.41, 5.74) is 0.431. The Morgan fingerprint density at radius 1 is 1.09 bits per heavy atom. The molecule has 3 rings (SSSR count). The smallest absolute Gasteiger partial charge is 0.412 e. The van der Waals surface area contributed by atoms with E-state index in [0.29, 0.717) is 12.8 Å². The Labute approximate surface area is 185 Å². The Morgan fingerprint density at radius 3 is 2.28 bits per heavy atom. The second-order valence-electron chi connectivity index (χ2n) is 7.83. The van der Waals surface area contributed by atoms with Crippen molar-refractivity contribution >= 4 is 15.9 Å². The van der Waals surface area contributed by atoms with Gasteiger partial charge in [-0.05, 0) is 43.5 Å². The number of aryl methyl sites for hydroxylation is 1. The summed E-state index contributed by atoms with van der Waals surface area (Å²) in [4.78, 5) is 12.4.